The van der Waals surface area contributed by atoms with E-state index in [-0.39, 0.29) is 6.04 Å². The Kier molecular flexibility index (Phi) is 3.73. The summed E-state index contributed by atoms with van der Waals surface area (Å²) < 4.78 is 20.8. The van der Waals surface area contributed by atoms with E-state index < -0.39 is 6.17 Å². The minimum absolute atomic E-state index is 0.265. The molecule has 0 bridgehead atoms. The monoisotopic (exact) mass is 328 g/mol. The number of methoxy groups -OCH3 is 1. The van der Waals surface area contributed by atoms with Crippen molar-refractivity contribution < 1.29 is 9.13 Å². The Balaban J connectivity index is 1.68. The van der Waals surface area contributed by atoms with Crippen molar-refractivity contribution in [3.63, 3.8) is 0 Å². The molecule has 8 heteroatoms. The average molecular weight is 328 g/mol. The molecule has 3 aromatic heterocycles. The third kappa shape index (κ3) is 2.65. The lowest BCUT2D eigenvalue weighted by Gasteiger charge is -2.15. The zero-order valence-electron chi connectivity index (χ0n) is 13.1. The highest BCUT2D eigenvalue weighted by molar-refractivity contribution is 5.61. The fourth-order valence-corrected chi connectivity index (χ4v) is 2.80. The van der Waals surface area contributed by atoms with E-state index >= 15 is 0 Å². The van der Waals surface area contributed by atoms with Gasteiger partial charge in [-0.2, -0.15) is 0 Å². The summed E-state index contributed by atoms with van der Waals surface area (Å²) in [6, 6.07) is 5.35. The summed E-state index contributed by atoms with van der Waals surface area (Å²) in [6.45, 7) is 0.961. The summed E-state index contributed by atoms with van der Waals surface area (Å²) >= 11 is 0. The van der Waals surface area contributed by atoms with Gasteiger partial charge in [0, 0.05) is 13.1 Å². The largest absolute Gasteiger partial charge is 0.480 e. The van der Waals surface area contributed by atoms with Crippen LogP contribution < -0.4 is 15.4 Å². The molecule has 0 radical (unpaired) electrons. The van der Waals surface area contributed by atoms with Crippen LogP contribution in [0.4, 0.5) is 10.2 Å². The highest BCUT2D eigenvalue weighted by Crippen LogP contribution is 2.22. The minimum atomic E-state index is -0.915. The molecule has 2 unspecified atom stereocenters. The van der Waals surface area contributed by atoms with Crippen molar-refractivity contribution in [3.05, 3.63) is 36.8 Å². The van der Waals surface area contributed by atoms with Crippen molar-refractivity contribution in [2.75, 3.05) is 25.5 Å². The number of hydrogen-bond donors (Lipinski definition) is 2. The van der Waals surface area contributed by atoms with E-state index in [2.05, 4.69) is 25.6 Å². The quantitative estimate of drug-likeness (QED) is 0.756. The molecule has 1 aliphatic rings. The maximum absolute atomic E-state index is 13.8. The maximum atomic E-state index is 13.8. The smallest absolute Gasteiger partial charge is 0.230 e. The molecular formula is C16H17FN6O. The molecule has 0 saturated carbocycles. The van der Waals surface area contributed by atoms with Crippen LogP contribution in [-0.2, 0) is 0 Å². The Morgan fingerprint density at radius 2 is 2.21 bits per heavy atom. The first-order chi connectivity index (χ1) is 11.7. The molecule has 0 aliphatic carbocycles. The molecule has 0 amide bonds. The molecule has 4 heterocycles. The van der Waals surface area contributed by atoms with Crippen LogP contribution in [0.5, 0.6) is 5.88 Å². The standard InChI is InChI=1S/C16H17FN6O/c1-24-16-9-23-13(7-19-15(23)8-20-16)11-3-2-4-14(21-11)22-12-6-18-5-10(12)17/h2-4,7-10,12,18H,5-6H2,1H3,(H,21,22). The average Bonchev–Trinajstić information content (AvgIpc) is 3.21. The van der Waals surface area contributed by atoms with Gasteiger partial charge in [0.2, 0.25) is 5.88 Å². The first-order valence-electron chi connectivity index (χ1n) is 7.70. The number of imidazole rings is 1. The van der Waals surface area contributed by atoms with E-state index in [0.717, 1.165) is 11.4 Å². The molecule has 1 aliphatic heterocycles. The van der Waals surface area contributed by atoms with Crippen LogP contribution >= 0.6 is 0 Å². The molecular weight excluding hydrogens is 311 g/mol. The third-order valence-electron chi connectivity index (χ3n) is 4.07. The SMILES string of the molecule is COc1cn2c(-c3cccc(NC4CNCC4F)n3)cnc2cn1. The predicted octanol–water partition coefficient (Wildman–Crippen LogP) is 1.52. The Labute approximate surface area is 137 Å². The lowest BCUT2D eigenvalue weighted by molar-refractivity contribution is 0.342. The second-order valence-corrected chi connectivity index (χ2v) is 5.63. The normalized spacial score (nSPS) is 20.4. The predicted molar refractivity (Wildman–Crippen MR) is 87.9 cm³/mol. The Morgan fingerprint density at radius 1 is 1.29 bits per heavy atom. The van der Waals surface area contributed by atoms with E-state index in [9.17, 15) is 4.39 Å². The fraction of sp³-hybridized carbons (Fsp3) is 0.312. The highest BCUT2D eigenvalue weighted by Gasteiger charge is 2.26. The highest BCUT2D eigenvalue weighted by atomic mass is 19.1. The van der Waals surface area contributed by atoms with Crippen molar-refractivity contribution in [2.45, 2.75) is 12.2 Å². The molecule has 0 aromatic carbocycles. The van der Waals surface area contributed by atoms with Gasteiger partial charge in [-0.3, -0.25) is 4.40 Å². The molecule has 124 valence electrons. The summed E-state index contributed by atoms with van der Waals surface area (Å²) in [5, 5.41) is 6.17. The molecule has 3 aromatic rings. The first-order valence-corrected chi connectivity index (χ1v) is 7.70. The molecule has 1 fully saturated rings. The first kappa shape index (κ1) is 14.8. The number of nitrogens with zero attached hydrogens (tertiary/aromatic N) is 4. The molecule has 2 atom stereocenters. The zero-order chi connectivity index (χ0) is 16.5. The van der Waals surface area contributed by atoms with Crippen LogP contribution in [0.2, 0.25) is 0 Å². The van der Waals surface area contributed by atoms with Crippen molar-refractivity contribution in [3.8, 4) is 17.3 Å². The van der Waals surface area contributed by atoms with Gasteiger partial charge in [-0.05, 0) is 12.1 Å². The third-order valence-corrected chi connectivity index (χ3v) is 4.07. The summed E-state index contributed by atoms with van der Waals surface area (Å²) in [6.07, 6.45) is 4.22. The lowest BCUT2D eigenvalue weighted by Crippen LogP contribution is -2.29. The molecule has 24 heavy (non-hydrogen) atoms. The van der Waals surface area contributed by atoms with Gasteiger partial charge >= 0.3 is 0 Å². The summed E-state index contributed by atoms with van der Waals surface area (Å²) in [4.78, 5) is 13.1. The van der Waals surface area contributed by atoms with Gasteiger partial charge in [-0.25, -0.2) is 19.3 Å². The van der Waals surface area contributed by atoms with Crippen LogP contribution in [0, 0.1) is 0 Å². The minimum Gasteiger partial charge on any atom is -0.480 e. The number of rotatable bonds is 4. The summed E-state index contributed by atoms with van der Waals surface area (Å²) in [5.74, 6) is 1.13. The van der Waals surface area contributed by atoms with Crippen LogP contribution in [-0.4, -0.2) is 51.8 Å². The molecule has 7 nitrogen and oxygen atoms in total. The van der Waals surface area contributed by atoms with Crippen LogP contribution in [0.1, 0.15) is 0 Å². The number of anilines is 1. The van der Waals surface area contributed by atoms with Gasteiger partial charge in [0.25, 0.3) is 0 Å². The fourth-order valence-electron chi connectivity index (χ4n) is 2.80. The Bertz CT molecular complexity index is 867. The van der Waals surface area contributed by atoms with Gasteiger partial charge in [-0.1, -0.05) is 6.07 Å². The number of aromatic nitrogens is 4. The van der Waals surface area contributed by atoms with E-state index in [1.807, 2.05) is 22.6 Å². The van der Waals surface area contributed by atoms with Gasteiger partial charge in [0.1, 0.15) is 12.0 Å². The van der Waals surface area contributed by atoms with E-state index in [1.165, 1.54) is 0 Å². The number of halogens is 1. The lowest BCUT2D eigenvalue weighted by atomic mass is 10.2. The number of fused-ring (bicyclic) bond motifs is 1. The second kappa shape index (κ2) is 6.04. The summed E-state index contributed by atoms with van der Waals surface area (Å²) in [7, 11) is 1.57. The number of nitrogens with one attached hydrogen (secondary N) is 2. The zero-order valence-corrected chi connectivity index (χ0v) is 13.1. The van der Waals surface area contributed by atoms with Gasteiger partial charge in [0.05, 0.1) is 43.1 Å². The number of pyridine rings is 1. The summed E-state index contributed by atoms with van der Waals surface area (Å²) in [5.41, 5.74) is 2.26. The maximum Gasteiger partial charge on any atom is 0.230 e. The molecule has 4 rings (SSSR count). The molecule has 1 saturated heterocycles. The number of alkyl halides is 1. The Morgan fingerprint density at radius 3 is 3.00 bits per heavy atom. The van der Waals surface area contributed by atoms with Gasteiger partial charge < -0.3 is 15.4 Å². The van der Waals surface area contributed by atoms with Crippen LogP contribution in [0.15, 0.2) is 36.8 Å². The molecule has 2 N–H and O–H groups in total. The number of ether oxygens (including phenoxy) is 1. The van der Waals surface area contributed by atoms with Crippen LogP contribution in [0.3, 0.4) is 0 Å². The van der Waals surface area contributed by atoms with E-state index in [1.54, 1.807) is 25.7 Å². The van der Waals surface area contributed by atoms with Crippen molar-refractivity contribution in [2.24, 2.45) is 0 Å². The van der Waals surface area contributed by atoms with Crippen molar-refractivity contribution in [1.82, 2.24) is 24.7 Å². The topological polar surface area (TPSA) is 76.4 Å². The van der Waals surface area contributed by atoms with E-state index in [4.69, 9.17) is 4.74 Å². The Hall–Kier alpha value is -2.74. The van der Waals surface area contributed by atoms with Crippen LogP contribution in [0.25, 0.3) is 17.0 Å². The second-order valence-electron chi connectivity index (χ2n) is 5.63. The van der Waals surface area contributed by atoms with E-state index in [0.29, 0.717) is 30.4 Å². The number of hydrogen-bond acceptors (Lipinski definition) is 6. The van der Waals surface area contributed by atoms with Crippen molar-refractivity contribution >= 4 is 11.5 Å². The van der Waals surface area contributed by atoms with Crippen molar-refractivity contribution in [1.29, 1.82) is 0 Å². The molecule has 0 spiro atoms. The van der Waals surface area contributed by atoms with Gasteiger partial charge in [0.15, 0.2) is 5.65 Å². The van der Waals surface area contributed by atoms with Gasteiger partial charge in [-0.15, -0.1) is 0 Å².